The van der Waals surface area contributed by atoms with Crippen LogP contribution in [0.4, 0.5) is 0 Å². The Morgan fingerprint density at radius 3 is 2.70 bits per heavy atom. The number of carbonyl (C=O) groups excluding carboxylic acids is 1. The number of esters is 1. The summed E-state index contributed by atoms with van der Waals surface area (Å²) in [6.45, 7) is 1.79. The normalized spacial score (nSPS) is 9.90. The zero-order valence-corrected chi connectivity index (χ0v) is 11.2. The van der Waals surface area contributed by atoms with Gasteiger partial charge in [0.05, 0.1) is 26.0 Å². The first-order valence-electron chi connectivity index (χ1n) is 5.69. The highest BCUT2D eigenvalue weighted by atomic mass is 16.5. The van der Waals surface area contributed by atoms with Gasteiger partial charge in [0.15, 0.2) is 5.82 Å². The molecule has 2 aromatic heterocycles. The standard InChI is InChI=1S/C13H12N4O3/c1-8-4-11(15-6-9(8)5-14)17-12(19-2)10(7-16-17)13(18)20-3/h4,6-7H,1-3H3. The highest BCUT2D eigenvalue weighted by Crippen LogP contribution is 2.22. The van der Waals surface area contributed by atoms with E-state index in [1.165, 1.54) is 31.3 Å². The molecular formula is C13H12N4O3. The van der Waals surface area contributed by atoms with Gasteiger partial charge in [0.2, 0.25) is 5.88 Å². The van der Waals surface area contributed by atoms with Crippen molar-refractivity contribution >= 4 is 5.97 Å². The van der Waals surface area contributed by atoms with E-state index in [1.54, 1.807) is 13.0 Å². The van der Waals surface area contributed by atoms with Gasteiger partial charge in [-0.2, -0.15) is 15.0 Å². The van der Waals surface area contributed by atoms with E-state index in [4.69, 9.17) is 10.00 Å². The first-order valence-corrected chi connectivity index (χ1v) is 5.69. The van der Waals surface area contributed by atoms with Crippen LogP contribution >= 0.6 is 0 Å². The molecule has 0 bridgehead atoms. The third kappa shape index (κ3) is 2.19. The number of hydrogen-bond acceptors (Lipinski definition) is 6. The quantitative estimate of drug-likeness (QED) is 0.781. The monoisotopic (exact) mass is 272 g/mol. The van der Waals surface area contributed by atoms with Gasteiger partial charge in [0, 0.05) is 6.20 Å². The minimum atomic E-state index is -0.543. The molecule has 0 saturated carbocycles. The number of aromatic nitrogens is 3. The van der Waals surface area contributed by atoms with E-state index in [1.807, 2.05) is 6.07 Å². The molecule has 0 fully saturated rings. The van der Waals surface area contributed by atoms with Gasteiger partial charge in [-0.25, -0.2) is 9.78 Å². The summed E-state index contributed by atoms with van der Waals surface area (Å²) in [7, 11) is 2.71. The highest BCUT2D eigenvalue weighted by Gasteiger charge is 2.20. The molecule has 2 heterocycles. The van der Waals surface area contributed by atoms with E-state index in [-0.39, 0.29) is 11.4 Å². The molecular weight excluding hydrogens is 260 g/mol. The van der Waals surface area contributed by atoms with Gasteiger partial charge in [-0.15, -0.1) is 0 Å². The highest BCUT2D eigenvalue weighted by molar-refractivity contribution is 5.91. The lowest BCUT2D eigenvalue weighted by Crippen LogP contribution is -2.06. The van der Waals surface area contributed by atoms with Crippen LogP contribution in [0.3, 0.4) is 0 Å². The van der Waals surface area contributed by atoms with Crippen LogP contribution < -0.4 is 4.74 Å². The predicted molar refractivity (Wildman–Crippen MR) is 68.7 cm³/mol. The van der Waals surface area contributed by atoms with Gasteiger partial charge in [0.25, 0.3) is 0 Å². The number of nitrogens with zero attached hydrogens (tertiary/aromatic N) is 4. The van der Waals surface area contributed by atoms with Gasteiger partial charge >= 0.3 is 5.97 Å². The lowest BCUT2D eigenvalue weighted by atomic mass is 10.2. The van der Waals surface area contributed by atoms with Crippen molar-refractivity contribution in [3.8, 4) is 17.8 Å². The average molecular weight is 272 g/mol. The number of rotatable bonds is 3. The molecule has 0 saturated heterocycles. The van der Waals surface area contributed by atoms with E-state index in [0.29, 0.717) is 11.4 Å². The maximum atomic E-state index is 11.6. The minimum Gasteiger partial charge on any atom is -0.480 e. The Morgan fingerprint density at radius 1 is 1.40 bits per heavy atom. The summed E-state index contributed by atoms with van der Waals surface area (Å²) >= 11 is 0. The third-order valence-electron chi connectivity index (χ3n) is 2.76. The zero-order valence-electron chi connectivity index (χ0n) is 11.2. The van der Waals surface area contributed by atoms with Crippen LogP contribution in [-0.4, -0.2) is 35.0 Å². The summed E-state index contributed by atoms with van der Waals surface area (Å²) in [4.78, 5) is 15.7. The molecule has 0 amide bonds. The molecule has 102 valence electrons. The maximum absolute atomic E-state index is 11.6. The number of hydrogen-bond donors (Lipinski definition) is 0. The molecule has 0 aromatic carbocycles. The number of aryl methyl sites for hydroxylation is 1. The van der Waals surface area contributed by atoms with E-state index in [9.17, 15) is 4.79 Å². The summed E-state index contributed by atoms with van der Waals surface area (Å²) in [6, 6.07) is 3.73. The molecule has 0 unspecified atom stereocenters. The van der Waals surface area contributed by atoms with Crippen LogP contribution in [0.1, 0.15) is 21.5 Å². The Balaban J connectivity index is 2.54. The second-order valence-corrected chi connectivity index (χ2v) is 3.94. The fourth-order valence-electron chi connectivity index (χ4n) is 1.72. The molecule has 0 aliphatic carbocycles. The Morgan fingerprint density at radius 2 is 2.15 bits per heavy atom. The van der Waals surface area contributed by atoms with E-state index >= 15 is 0 Å². The van der Waals surface area contributed by atoms with Crippen molar-refractivity contribution in [1.82, 2.24) is 14.8 Å². The maximum Gasteiger partial charge on any atom is 0.345 e. The Kier molecular flexibility index (Phi) is 3.66. The van der Waals surface area contributed by atoms with E-state index in [2.05, 4.69) is 14.8 Å². The van der Waals surface area contributed by atoms with Crippen LogP contribution in [0.5, 0.6) is 5.88 Å². The smallest absolute Gasteiger partial charge is 0.345 e. The first-order chi connectivity index (χ1) is 9.62. The summed E-state index contributed by atoms with van der Waals surface area (Å²) in [5, 5.41) is 13.0. The summed E-state index contributed by atoms with van der Waals surface area (Å²) in [5.41, 5.74) is 1.45. The molecule has 2 rings (SSSR count). The zero-order chi connectivity index (χ0) is 14.7. The summed E-state index contributed by atoms with van der Waals surface area (Å²) < 4.78 is 11.2. The number of methoxy groups -OCH3 is 2. The summed E-state index contributed by atoms with van der Waals surface area (Å²) in [5.74, 6) is 0.139. The molecule has 7 heteroatoms. The second kappa shape index (κ2) is 5.40. The number of pyridine rings is 1. The predicted octanol–water partition coefficient (Wildman–Crippen LogP) is 1.24. The second-order valence-electron chi connectivity index (χ2n) is 3.94. The lowest BCUT2D eigenvalue weighted by Gasteiger charge is -2.07. The van der Waals surface area contributed by atoms with Gasteiger partial charge in [0.1, 0.15) is 11.6 Å². The fraction of sp³-hybridized carbons (Fsp3) is 0.231. The molecule has 7 nitrogen and oxygen atoms in total. The van der Waals surface area contributed by atoms with Crippen LogP contribution in [0.25, 0.3) is 5.82 Å². The molecule has 0 aliphatic heterocycles. The number of nitriles is 1. The van der Waals surface area contributed by atoms with Crippen molar-refractivity contribution in [2.45, 2.75) is 6.92 Å². The third-order valence-corrected chi connectivity index (χ3v) is 2.76. The van der Waals surface area contributed by atoms with Crippen LogP contribution in [0.15, 0.2) is 18.5 Å². The molecule has 0 atom stereocenters. The minimum absolute atomic E-state index is 0.207. The van der Waals surface area contributed by atoms with Crippen LogP contribution in [-0.2, 0) is 4.74 Å². The summed E-state index contributed by atoms with van der Waals surface area (Å²) in [6.07, 6.45) is 2.80. The molecule has 0 aliphatic rings. The largest absolute Gasteiger partial charge is 0.480 e. The topological polar surface area (TPSA) is 90.0 Å². The van der Waals surface area contributed by atoms with Crippen molar-refractivity contribution < 1.29 is 14.3 Å². The molecule has 0 N–H and O–H groups in total. The van der Waals surface area contributed by atoms with Crippen LogP contribution in [0.2, 0.25) is 0 Å². The molecule has 20 heavy (non-hydrogen) atoms. The number of carbonyl (C=O) groups is 1. The van der Waals surface area contributed by atoms with Crippen molar-refractivity contribution in [2.24, 2.45) is 0 Å². The molecule has 0 radical (unpaired) electrons. The van der Waals surface area contributed by atoms with Gasteiger partial charge < -0.3 is 9.47 Å². The van der Waals surface area contributed by atoms with Crippen LogP contribution in [0, 0.1) is 18.3 Å². The van der Waals surface area contributed by atoms with E-state index in [0.717, 1.165) is 5.56 Å². The van der Waals surface area contributed by atoms with Gasteiger partial charge in [-0.05, 0) is 18.6 Å². The van der Waals surface area contributed by atoms with Gasteiger partial charge in [-0.3, -0.25) is 0 Å². The van der Waals surface area contributed by atoms with E-state index < -0.39 is 5.97 Å². The van der Waals surface area contributed by atoms with Crippen molar-refractivity contribution in [1.29, 1.82) is 5.26 Å². The van der Waals surface area contributed by atoms with Crippen molar-refractivity contribution in [3.63, 3.8) is 0 Å². The molecule has 2 aromatic rings. The molecule has 0 spiro atoms. The SMILES string of the molecule is COC(=O)c1cnn(-c2cc(C)c(C#N)cn2)c1OC. The van der Waals surface area contributed by atoms with Gasteiger partial charge in [-0.1, -0.05) is 0 Å². The van der Waals surface area contributed by atoms with Crippen molar-refractivity contribution in [3.05, 3.63) is 35.2 Å². The Labute approximate surface area is 115 Å². The number of ether oxygens (including phenoxy) is 2. The Hall–Kier alpha value is -2.88. The van der Waals surface area contributed by atoms with Crippen molar-refractivity contribution in [2.75, 3.05) is 14.2 Å². The Bertz CT molecular complexity index is 700. The average Bonchev–Trinajstić information content (AvgIpc) is 2.90. The lowest BCUT2D eigenvalue weighted by molar-refractivity contribution is 0.0597. The first kappa shape index (κ1) is 13.5. The fourth-order valence-corrected chi connectivity index (χ4v) is 1.72.